The van der Waals surface area contributed by atoms with E-state index in [2.05, 4.69) is 11.8 Å². The Morgan fingerprint density at radius 3 is 2.14 bits per heavy atom. The number of terminal acetylenes is 2. The van der Waals surface area contributed by atoms with E-state index in [1.807, 2.05) is 4.90 Å². The third kappa shape index (κ3) is 2.54. The molecule has 0 atom stereocenters. The summed E-state index contributed by atoms with van der Waals surface area (Å²) >= 11 is 0. The maximum atomic E-state index is 11.9. The zero-order chi connectivity index (χ0) is 10.4. The number of amides is 1. The molecule has 1 aliphatic heterocycles. The quantitative estimate of drug-likeness (QED) is 0.612. The van der Waals surface area contributed by atoms with E-state index in [1.165, 1.54) is 0 Å². The van der Waals surface area contributed by atoms with Gasteiger partial charge in [0.15, 0.2) is 0 Å². The van der Waals surface area contributed by atoms with Gasteiger partial charge in [-0.25, -0.2) is 0 Å². The first kappa shape index (κ1) is 10.7. The molecular formula is C12H15NO. The highest BCUT2D eigenvalue weighted by Gasteiger charge is 2.24. The Balaban J connectivity index is 2.54. The van der Waals surface area contributed by atoms with Crippen molar-refractivity contribution in [3.63, 3.8) is 0 Å². The number of carbonyl (C=O) groups excluding carboxylic acids is 1. The predicted octanol–water partition coefficient (Wildman–Crippen LogP) is 1.27. The van der Waals surface area contributed by atoms with Crippen molar-refractivity contribution < 1.29 is 4.79 Å². The topological polar surface area (TPSA) is 20.3 Å². The van der Waals surface area contributed by atoms with Crippen molar-refractivity contribution in [3.05, 3.63) is 0 Å². The fraction of sp³-hybridized carbons (Fsp3) is 0.583. The maximum absolute atomic E-state index is 11.9. The summed E-state index contributed by atoms with van der Waals surface area (Å²) < 4.78 is 0. The Hall–Kier alpha value is -1.41. The number of nitrogens with zero attached hydrogens (tertiary/aromatic N) is 1. The van der Waals surface area contributed by atoms with Gasteiger partial charge in [-0.3, -0.25) is 4.79 Å². The van der Waals surface area contributed by atoms with Gasteiger partial charge in [0, 0.05) is 25.9 Å². The Morgan fingerprint density at radius 2 is 1.71 bits per heavy atom. The Kier molecular flexibility index (Phi) is 4.08. The minimum absolute atomic E-state index is 0.137. The van der Waals surface area contributed by atoms with Crippen molar-refractivity contribution in [2.24, 2.45) is 5.92 Å². The van der Waals surface area contributed by atoms with Crippen LogP contribution in [0.4, 0.5) is 0 Å². The van der Waals surface area contributed by atoms with Crippen LogP contribution in [0.2, 0.25) is 0 Å². The molecule has 0 aromatic rings. The summed E-state index contributed by atoms with van der Waals surface area (Å²) in [4.78, 5) is 13.7. The number of rotatable bonds is 3. The van der Waals surface area contributed by atoms with Gasteiger partial charge in [-0.2, -0.15) is 0 Å². The molecule has 2 heteroatoms. The first-order valence-corrected chi connectivity index (χ1v) is 4.95. The highest BCUT2D eigenvalue weighted by molar-refractivity contribution is 5.79. The first-order chi connectivity index (χ1) is 6.79. The van der Waals surface area contributed by atoms with E-state index < -0.39 is 0 Å². The van der Waals surface area contributed by atoms with Crippen molar-refractivity contribution in [3.8, 4) is 24.7 Å². The molecule has 0 spiro atoms. The summed E-state index contributed by atoms with van der Waals surface area (Å²) in [5, 5.41) is 0. The SMILES string of the molecule is C#CCC(CC#C)C(=O)N1CCCC1. The van der Waals surface area contributed by atoms with E-state index in [4.69, 9.17) is 12.8 Å². The minimum Gasteiger partial charge on any atom is -0.342 e. The van der Waals surface area contributed by atoms with Crippen LogP contribution in [0.5, 0.6) is 0 Å². The van der Waals surface area contributed by atoms with E-state index in [0.29, 0.717) is 12.8 Å². The zero-order valence-electron chi connectivity index (χ0n) is 8.33. The maximum Gasteiger partial charge on any atom is 0.227 e. The Morgan fingerprint density at radius 1 is 1.21 bits per heavy atom. The predicted molar refractivity (Wildman–Crippen MR) is 56.2 cm³/mol. The van der Waals surface area contributed by atoms with Crippen LogP contribution < -0.4 is 0 Å². The van der Waals surface area contributed by atoms with Crippen LogP contribution >= 0.6 is 0 Å². The summed E-state index contributed by atoms with van der Waals surface area (Å²) in [7, 11) is 0. The molecule has 1 fully saturated rings. The molecule has 0 aromatic carbocycles. The fourth-order valence-electron chi connectivity index (χ4n) is 1.73. The minimum atomic E-state index is -0.164. The molecule has 1 aliphatic rings. The monoisotopic (exact) mass is 189 g/mol. The van der Waals surface area contributed by atoms with Crippen LogP contribution in [-0.4, -0.2) is 23.9 Å². The Labute approximate surface area is 85.7 Å². The molecule has 2 nitrogen and oxygen atoms in total. The summed E-state index contributed by atoms with van der Waals surface area (Å²) in [6.07, 6.45) is 13.5. The van der Waals surface area contributed by atoms with Crippen molar-refractivity contribution in [1.29, 1.82) is 0 Å². The van der Waals surface area contributed by atoms with E-state index >= 15 is 0 Å². The third-order valence-corrected chi connectivity index (χ3v) is 2.50. The average Bonchev–Trinajstić information content (AvgIpc) is 2.69. The van der Waals surface area contributed by atoms with Crippen molar-refractivity contribution in [2.75, 3.05) is 13.1 Å². The number of hydrogen-bond acceptors (Lipinski definition) is 1. The molecule has 1 heterocycles. The second-order valence-corrected chi connectivity index (χ2v) is 3.55. The van der Waals surface area contributed by atoms with E-state index in [1.54, 1.807) is 0 Å². The van der Waals surface area contributed by atoms with E-state index in [-0.39, 0.29) is 11.8 Å². The molecule has 0 saturated carbocycles. The fourth-order valence-corrected chi connectivity index (χ4v) is 1.73. The van der Waals surface area contributed by atoms with Crippen molar-refractivity contribution >= 4 is 5.91 Å². The second-order valence-electron chi connectivity index (χ2n) is 3.55. The molecule has 0 radical (unpaired) electrons. The van der Waals surface area contributed by atoms with Crippen LogP contribution in [0, 0.1) is 30.6 Å². The van der Waals surface area contributed by atoms with Crippen LogP contribution in [-0.2, 0) is 4.79 Å². The van der Waals surface area contributed by atoms with E-state index in [0.717, 1.165) is 25.9 Å². The van der Waals surface area contributed by atoms with Crippen LogP contribution in [0.3, 0.4) is 0 Å². The van der Waals surface area contributed by atoms with Crippen LogP contribution in [0.1, 0.15) is 25.7 Å². The molecule has 0 unspecified atom stereocenters. The molecule has 0 aliphatic carbocycles. The van der Waals surface area contributed by atoms with Crippen LogP contribution in [0.25, 0.3) is 0 Å². The molecule has 0 aromatic heterocycles. The van der Waals surface area contributed by atoms with Gasteiger partial charge in [-0.05, 0) is 12.8 Å². The molecule has 74 valence electrons. The van der Waals surface area contributed by atoms with Crippen molar-refractivity contribution in [1.82, 2.24) is 4.90 Å². The molecule has 14 heavy (non-hydrogen) atoms. The summed E-state index contributed by atoms with van der Waals surface area (Å²) in [6, 6.07) is 0. The van der Waals surface area contributed by atoms with Gasteiger partial charge in [-0.15, -0.1) is 24.7 Å². The van der Waals surface area contributed by atoms with Gasteiger partial charge in [0.25, 0.3) is 0 Å². The highest BCUT2D eigenvalue weighted by Crippen LogP contribution is 2.16. The van der Waals surface area contributed by atoms with Gasteiger partial charge >= 0.3 is 0 Å². The average molecular weight is 189 g/mol. The third-order valence-electron chi connectivity index (χ3n) is 2.50. The van der Waals surface area contributed by atoms with Crippen molar-refractivity contribution in [2.45, 2.75) is 25.7 Å². The van der Waals surface area contributed by atoms with Gasteiger partial charge in [0.05, 0.1) is 5.92 Å². The first-order valence-electron chi connectivity index (χ1n) is 4.95. The second kappa shape index (κ2) is 5.35. The Bertz CT molecular complexity index is 260. The molecular weight excluding hydrogens is 174 g/mol. The lowest BCUT2D eigenvalue weighted by Gasteiger charge is -2.20. The van der Waals surface area contributed by atoms with Gasteiger partial charge < -0.3 is 4.90 Å². The lowest BCUT2D eigenvalue weighted by atomic mass is 10.0. The molecule has 0 N–H and O–H groups in total. The largest absolute Gasteiger partial charge is 0.342 e. The lowest BCUT2D eigenvalue weighted by molar-refractivity contribution is -0.134. The zero-order valence-corrected chi connectivity index (χ0v) is 8.33. The number of likely N-dealkylation sites (tertiary alicyclic amines) is 1. The van der Waals surface area contributed by atoms with Gasteiger partial charge in [0.1, 0.15) is 0 Å². The van der Waals surface area contributed by atoms with Gasteiger partial charge in [-0.1, -0.05) is 0 Å². The van der Waals surface area contributed by atoms with E-state index in [9.17, 15) is 4.79 Å². The molecule has 1 rings (SSSR count). The normalized spacial score (nSPS) is 15.2. The number of carbonyl (C=O) groups is 1. The molecule has 1 saturated heterocycles. The standard InChI is InChI=1S/C12H15NO/c1-3-7-11(8-4-2)12(14)13-9-5-6-10-13/h1-2,11H,5-10H2. The molecule has 1 amide bonds. The highest BCUT2D eigenvalue weighted by atomic mass is 16.2. The number of hydrogen-bond donors (Lipinski definition) is 0. The summed E-state index contributed by atoms with van der Waals surface area (Å²) in [5.41, 5.74) is 0. The smallest absolute Gasteiger partial charge is 0.227 e. The summed E-state index contributed by atoms with van der Waals surface area (Å²) in [5.74, 6) is 5.00. The van der Waals surface area contributed by atoms with Gasteiger partial charge in [0.2, 0.25) is 5.91 Å². The molecule has 0 bridgehead atoms. The summed E-state index contributed by atoms with van der Waals surface area (Å²) in [6.45, 7) is 1.73. The lowest BCUT2D eigenvalue weighted by Crippen LogP contribution is -2.33. The van der Waals surface area contributed by atoms with Crippen LogP contribution in [0.15, 0.2) is 0 Å².